The van der Waals surface area contributed by atoms with Gasteiger partial charge in [-0.1, -0.05) is 12.2 Å². The Hall–Kier alpha value is -1.16. The molecule has 0 spiro atoms. The first-order valence-corrected chi connectivity index (χ1v) is 7.20. The van der Waals surface area contributed by atoms with Crippen molar-refractivity contribution in [2.45, 2.75) is 37.6 Å². The van der Waals surface area contributed by atoms with Gasteiger partial charge in [-0.15, -0.1) is 10.2 Å². The van der Waals surface area contributed by atoms with E-state index in [0.29, 0.717) is 12.0 Å². The molecule has 3 aliphatic rings. The fourth-order valence-electron chi connectivity index (χ4n) is 3.95. The van der Waals surface area contributed by atoms with Crippen molar-refractivity contribution in [2.24, 2.45) is 11.8 Å². The van der Waals surface area contributed by atoms with Gasteiger partial charge in [0.2, 0.25) is 0 Å². The van der Waals surface area contributed by atoms with Crippen molar-refractivity contribution in [2.75, 3.05) is 13.1 Å². The molecule has 2 fully saturated rings. The Kier molecular flexibility index (Phi) is 2.50. The predicted octanol–water partition coefficient (Wildman–Crippen LogP) is 1.88. The maximum absolute atomic E-state index is 4.44. The second-order valence-electron chi connectivity index (χ2n) is 5.98. The molecule has 2 bridgehead atoms. The van der Waals surface area contributed by atoms with Gasteiger partial charge in [0.15, 0.2) is 0 Å². The summed E-state index contributed by atoms with van der Waals surface area (Å²) in [5, 5.41) is 12.1. The number of fused-ring (bicyclic) bond motifs is 2. The van der Waals surface area contributed by atoms with E-state index in [4.69, 9.17) is 0 Å². The molecule has 0 aromatic carbocycles. The Morgan fingerprint density at radius 2 is 2.28 bits per heavy atom. The fourth-order valence-corrected chi connectivity index (χ4v) is 3.95. The minimum absolute atomic E-state index is 0.562. The van der Waals surface area contributed by atoms with E-state index < -0.39 is 0 Å². The Labute approximate surface area is 107 Å². The van der Waals surface area contributed by atoms with Crippen LogP contribution in [0.4, 0.5) is 0 Å². The van der Waals surface area contributed by atoms with Gasteiger partial charge in [0.25, 0.3) is 0 Å². The van der Waals surface area contributed by atoms with Crippen LogP contribution in [0, 0.1) is 11.8 Å². The summed E-state index contributed by atoms with van der Waals surface area (Å²) >= 11 is 0. The van der Waals surface area contributed by atoms with Gasteiger partial charge in [-0.3, -0.25) is 0 Å². The van der Waals surface area contributed by atoms with Crippen LogP contribution in [0.5, 0.6) is 0 Å². The average molecular weight is 244 g/mol. The highest BCUT2D eigenvalue weighted by molar-refractivity contribution is 5.18. The topological polar surface area (TPSA) is 42.7 Å². The SMILES string of the molecule is C1=CC2CC1CC2c1nncn1C1CCCNC1. The van der Waals surface area contributed by atoms with Crippen LogP contribution in [-0.4, -0.2) is 27.9 Å². The number of nitrogens with zero attached hydrogens (tertiary/aromatic N) is 3. The first-order valence-electron chi connectivity index (χ1n) is 7.20. The zero-order valence-corrected chi connectivity index (χ0v) is 10.6. The molecular formula is C14H20N4. The lowest BCUT2D eigenvalue weighted by Crippen LogP contribution is -2.32. The smallest absolute Gasteiger partial charge is 0.136 e. The number of allylic oxidation sites excluding steroid dienone is 2. The predicted molar refractivity (Wildman–Crippen MR) is 69.3 cm³/mol. The number of rotatable bonds is 2. The summed E-state index contributed by atoms with van der Waals surface area (Å²) < 4.78 is 2.35. The van der Waals surface area contributed by atoms with Crippen LogP contribution in [-0.2, 0) is 0 Å². The maximum atomic E-state index is 4.44. The monoisotopic (exact) mass is 244 g/mol. The van der Waals surface area contributed by atoms with Crippen molar-refractivity contribution in [3.63, 3.8) is 0 Å². The minimum Gasteiger partial charge on any atom is -0.315 e. The molecular weight excluding hydrogens is 224 g/mol. The van der Waals surface area contributed by atoms with Crippen LogP contribution in [0.1, 0.15) is 43.5 Å². The molecule has 1 aliphatic heterocycles. The molecule has 0 amide bonds. The molecule has 1 aromatic rings. The number of hydrogen-bond donors (Lipinski definition) is 1. The van der Waals surface area contributed by atoms with Gasteiger partial charge in [-0.05, 0) is 44.1 Å². The van der Waals surface area contributed by atoms with Gasteiger partial charge in [0.1, 0.15) is 12.2 Å². The Morgan fingerprint density at radius 1 is 1.28 bits per heavy atom. The van der Waals surface area contributed by atoms with E-state index in [9.17, 15) is 0 Å². The fraction of sp³-hybridized carbons (Fsp3) is 0.714. The summed E-state index contributed by atoms with van der Waals surface area (Å²) in [6, 6.07) is 0.562. The van der Waals surface area contributed by atoms with Crippen molar-refractivity contribution in [3.8, 4) is 0 Å². The minimum atomic E-state index is 0.562. The normalized spacial score (nSPS) is 38.4. The Balaban J connectivity index is 1.61. The molecule has 18 heavy (non-hydrogen) atoms. The van der Waals surface area contributed by atoms with E-state index in [1.807, 2.05) is 6.33 Å². The molecule has 4 nitrogen and oxygen atoms in total. The van der Waals surface area contributed by atoms with Crippen LogP contribution in [0.2, 0.25) is 0 Å². The summed E-state index contributed by atoms with van der Waals surface area (Å²) in [6.07, 6.45) is 11.9. The van der Waals surface area contributed by atoms with E-state index in [1.54, 1.807) is 0 Å². The van der Waals surface area contributed by atoms with Crippen molar-refractivity contribution in [3.05, 3.63) is 24.3 Å². The molecule has 4 unspecified atom stereocenters. The molecule has 2 heterocycles. The van der Waals surface area contributed by atoms with Crippen molar-refractivity contribution in [1.82, 2.24) is 20.1 Å². The molecule has 4 heteroatoms. The van der Waals surface area contributed by atoms with E-state index in [0.717, 1.165) is 24.9 Å². The van der Waals surface area contributed by atoms with Gasteiger partial charge in [-0.25, -0.2) is 0 Å². The van der Waals surface area contributed by atoms with Crippen LogP contribution < -0.4 is 5.32 Å². The molecule has 1 aromatic heterocycles. The molecule has 4 rings (SSSR count). The van der Waals surface area contributed by atoms with Gasteiger partial charge in [-0.2, -0.15) is 0 Å². The summed E-state index contributed by atoms with van der Waals surface area (Å²) in [6.45, 7) is 2.23. The Morgan fingerprint density at radius 3 is 3.00 bits per heavy atom. The van der Waals surface area contributed by atoms with Gasteiger partial charge < -0.3 is 9.88 Å². The lowest BCUT2D eigenvalue weighted by molar-refractivity contribution is 0.352. The van der Waals surface area contributed by atoms with Gasteiger partial charge >= 0.3 is 0 Å². The molecule has 96 valence electrons. The van der Waals surface area contributed by atoms with E-state index in [2.05, 4.69) is 32.2 Å². The lowest BCUT2D eigenvalue weighted by atomic mass is 9.92. The third-order valence-electron chi connectivity index (χ3n) is 4.88. The number of hydrogen-bond acceptors (Lipinski definition) is 3. The quantitative estimate of drug-likeness (QED) is 0.808. The summed E-state index contributed by atoms with van der Waals surface area (Å²) in [4.78, 5) is 0. The van der Waals surface area contributed by atoms with Crippen molar-refractivity contribution < 1.29 is 0 Å². The first-order chi connectivity index (χ1) is 8.92. The third-order valence-corrected chi connectivity index (χ3v) is 4.88. The zero-order valence-electron chi connectivity index (χ0n) is 10.6. The Bertz CT molecular complexity index is 458. The number of aromatic nitrogens is 3. The van der Waals surface area contributed by atoms with Crippen LogP contribution in [0.3, 0.4) is 0 Å². The molecule has 0 radical (unpaired) electrons. The van der Waals surface area contributed by atoms with E-state index in [-0.39, 0.29) is 0 Å². The highest BCUT2D eigenvalue weighted by Crippen LogP contribution is 2.48. The standard InChI is InChI=1S/C14H20N4/c1-2-12(8-15-5-1)18-9-16-17-14(18)13-7-10-3-4-11(13)6-10/h3-4,9-13,15H,1-2,5-8H2. The number of piperidine rings is 1. The van der Waals surface area contributed by atoms with Gasteiger partial charge in [0, 0.05) is 18.5 Å². The molecule has 2 aliphatic carbocycles. The molecule has 4 atom stereocenters. The highest BCUT2D eigenvalue weighted by atomic mass is 15.3. The maximum Gasteiger partial charge on any atom is 0.136 e. The second kappa shape index (κ2) is 4.19. The van der Waals surface area contributed by atoms with Gasteiger partial charge in [0.05, 0.1) is 0 Å². The summed E-state index contributed by atoms with van der Waals surface area (Å²) in [5.74, 6) is 3.37. The molecule has 1 saturated carbocycles. The van der Waals surface area contributed by atoms with Crippen LogP contribution >= 0.6 is 0 Å². The van der Waals surface area contributed by atoms with E-state index >= 15 is 0 Å². The number of nitrogens with one attached hydrogen (secondary N) is 1. The second-order valence-corrected chi connectivity index (χ2v) is 5.98. The van der Waals surface area contributed by atoms with Crippen LogP contribution in [0.25, 0.3) is 0 Å². The van der Waals surface area contributed by atoms with E-state index in [1.165, 1.54) is 31.5 Å². The average Bonchev–Trinajstić information content (AvgIpc) is 3.15. The third kappa shape index (κ3) is 1.62. The summed E-state index contributed by atoms with van der Waals surface area (Å²) in [5.41, 5.74) is 0. The highest BCUT2D eigenvalue weighted by Gasteiger charge is 2.39. The van der Waals surface area contributed by atoms with Crippen molar-refractivity contribution in [1.29, 1.82) is 0 Å². The molecule has 1 saturated heterocycles. The van der Waals surface area contributed by atoms with Crippen molar-refractivity contribution >= 4 is 0 Å². The summed E-state index contributed by atoms with van der Waals surface area (Å²) in [7, 11) is 0. The first kappa shape index (κ1) is 10.7. The lowest BCUT2D eigenvalue weighted by Gasteiger charge is -2.27. The molecule has 1 N–H and O–H groups in total. The van der Waals surface area contributed by atoms with Crippen LogP contribution in [0.15, 0.2) is 18.5 Å². The zero-order chi connectivity index (χ0) is 11.9. The largest absolute Gasteiger partial charge is 0.315 e.